The van der Waals surface area contributed by atoms with E-state index in [1.54, 1.807) is 17.8 Å². The molecule has 0 fully saturated rings. The van der Waals surface area contributed by atoms with Crippen LogP contribution in [0.1, 0.15) is 32.3 Å². The Morgan fingerprint density at radius 2 is 2.17 bits per heavy atom. The van der Waals surface area contributed by atoms with Gasteiger partial charge in [0, 0.05) is 22.0 Å². The molecule has 5 heteroatoms. The predicted molar refractivity (Wildman–Crippen MR) is 101 cm³/mol. The first kappa shape index (κ1) is 18.4. The third-order valence-electron chi connectivity index (χ3n) is 3.80. The molecule has 0 aromatic heterocycles. The largest absolute Gasteiger partial charge is 0.353 e. The van der Waals surface area contributed by atoms with Gasteiger partial charge in [0.15, 0.2) is 5.78 Å². The van der Waals surface area contributed by atoms with Crippen molar-refractivity contribution < 1.29 is 4.79 Å². The number of ketones is 1. The Kier molecular flexibility index (Phi) is 6.30. The maximum Gasteiger partial charge on any atom is 0.158 e. The van der Waals surface area contributed by atoms with Crippen molar-refractivity contribution in [2.75, 3.05) is 5.75 Å². The van der Waals surface area contributed by atoms with Crippen molar-refractivity contribution in [3.05, 3.63) is 68.9 Å². The van der Waals surface area contributed by atoms with Gasteiger partial charge in [0.1, 0.15) is 0 Å². The van der Waals surface area contributed by atoms with Crippen LogP contribution >= 0.6 is 23.4 Å². The molecule has 1 aromatic carbocycles. The summed E-state index contributed by atoms with van der Waals surface area (Å²) < 4.78 is 0. The van der Waals surface area contributed by atoms with E-state index >= 15 is 0 Å². The van der Waals surface area contributed by atoms with E-state index < -0.39 is 5.92 Å². The summed E-state index contributed by atoms with van der Waals surface area (Å²) in [5.41, 5.74) is 2.68. The van der Waals surface area contributed by atoms with Gasteiger partial charge >= 0.3 is 0 Å². The molecule has 1 aliphatic rings. The van der Waals surface area contributed by atoms with Gasteiger partial charge in [-0.3, -0.25) is 4.79 Å². The monoisotopic (exact) mass is 358 g/mol. The van der Waals surface area contributed by atoms with Crippen molar-refractivity contribution in [1.29, 1.82) is 5.26 Å². The Labute approximate surface area is 152 Å². The molecule has 0 amide bonds. The summed E-state index contributed by atoms with van der Waals surface area (Å²) in [5, 5.41) is 14.3. The average molecular weight is 359 g/mol. The fourth-order valence-corrected chi connectivity index (χ4v) is 3.99. The Bertz CT molecular complexity index is 787. The first-order valence-corrected chi connectivity index (χ1v) is 8.99. The summed E-state index contributed by atoms with van der Waals surface area (Å²) in [4.78, 5) is 12.2. The fourth-order valence-electron chi connectivity index (χ4n) is 2.74. The number of hydrogen-bond donors (Lipinski definition) is 1. The van der Waals surface area contributed by atoms with Gasteiger partial charge in [-0.1, -0.05) is 42.0 Å². The summed E-state index contributed by atoms with van der Waals surface area (Å²) in [7, 11) is 0. The molecule has 1 atom stereocenters. The minimum atomic E-state index is -0.435. The van der Waals surface area contributed by atoms with Crippen molar-refractivity contribution >= 4 is 29.1 Å². The van der Waals surface area contributed by atoms with E-state index in [-0.39, 0.29) is 5.78 Å². The lowest BCUT2D eigenvalue weighted by molar-refractivity contribution is -0.113. The molecule has 124 valence electrons. The van der Waals surface area contributed by atoms with Gasteiger partial charge in [-0.2, -0.15) is 5.26 Å². The number of halogens is 1. The molecular formula is C19H19ClN2OS. The number of allylic oxidation sites excluding steroid dienone is 4. The van der Waals surface area contributed by atoms with Crippen molar-refractivity contribution in [2.24, 2.45) is 0 Å². The second-order valence-corrected chi connectivity index (χ2v) is 6.85. The number of hydrogen-bond acceptors (Lipinski definition) is 4. The molecule has 0 bridgehead atoms. The molecule has 0 unspecified atom stereocenters. The van der Waals surface area contributed by atoms with Crippen LogP contribution in [-0.2, 0) is 4.79 Å². The number of rotatable bonds is 5. The van der Waals surface area contributed by atoms with Gasteiger partial charge in [0.05, 0.1) is 22.6 Å². The first-order valence-electron chi connectivity index (χ1n) is 7.62. The highest BCUT2D eigenvalue weighted by atomic mass is 35.5. The van der Waals surface area contributed by atoms with Crippen molar-refractivity contribution in [3.8, 4) is 6.07 Å². The van der Waals surface area contributed by atoms with Crippen molar-refractivity contribution in [3.63, 3.8) is 0 Å². The highest BCUT2D eigenvalue weighted by Gasteiger charge is 2.33. The molecule has 0 radical (unpaired) electrons. The number of benzene rings is 1. The summed E-state index contributed by atoms with van der Waals surface area (Å²) in [5.74, 6) is 0.257. The molecule has 0 aliphatic carbocycles. The molecule has 0 saturated carbocycles. The van der Waals surface area contributed by atoms with Crippen molar-refractivity contribution in [2.45, 2.75) is 26.7 Å². The van der Waals surface area contributed by atoms with Crippen LogP contribution in [-0.4, -0.2) is 11.5 Å². The maximum absolute atomic E-state index is 12.2. The van der Waals surface area contributed by atoms with Crippen LogP contribution in [0, 0.1) is 11.3 Å². The normalized spacial score (nSPS) is 17.9. The summed E-state index contributed by atoms with van der Waals surface area (Å²) in [6.07, 6.45) is 4.00. The summed E-state index contributed by atoms with van der Waals surface area (Å²) >= 11 is 7.91. The van der Waals surface area contributed by atoms with E-state index in [1.165, 1.54) is 6.92 Å². The SMILES string of the molecule is C/C=C/CSC1=C(C#N)[C@H](c2ccccc2Cl)C(C(C)=O)=C(C)N1. The first-order chi connectivity index (χ1) is 11.5. The minimum Gasteiger partial charge on any atom is -0.353 e. The number of nitrogens with zero attached hydrogens (tertiary/aromatic N) is 1. The van der Waals surface area contributed by atoms with Crippen LogP contribution in [0.4, 0.5) is 0 Å². The number of carbonyl (C=O) groups is 1. The summed E-state index contributed by atoms with van der Waals surface area (Å²) in [6.45, 7) is 5.35. The quantitative estimate of drug-likeness (QED) is 0.758. The molecule has 0 spiro atoms. The van der Waals surface area contributed by atoms with Gasteiger partial charge in [0.2, 0.25) is 0 Å². The van der Waals surface area contributed by atoms with Gasteiger partial charge in [0.25, 0.3) is 0 Å². The van der Waals surface area contributed by atoms with Gasteiger partial charge in [-0.05, 0) is 32.4 Å². The lowest BCUT2D eigenvalue weighted by atomic mass is 9.81. The third kappa shape index (κ3) is 3.75. The van der Waals surface area contributed by atoms with Crippen LogP contribution in [0.25, 0.3) is 0 Å². The Morgan fingerprint density at radius 1 is 1.46 bits per heavy atom. The molecule has 1 heterocycles. The van der Waals surface area contributed by atoms with Gasteiger partial charge in [-0.25, -0.2) is 0 Å². The molecule has 1 aromatic rings. The average Bonchev–Trinajstić information content (AvgIpc) is 2.54. The van der Waals surface area contributed by atoms with E-state index in [4.69, 9.17) is 11.6 Å². The van der Waals surface area contributed by atoms with Gasteiger partial charge in [-0.15, -0.1) is 11.8 Å². The third-order valence-corrected chi connectivity index (χ3v) is 5.12. The lowest BCUT2D eigenvalue weighted by Gasteiger charge is -2.29. The van der Waals surface area contributed by atoms with E-state index in [0.29, 0.717) is 16.2 Å². The molecule has 3 nitrogen and oxygen atoms in total. The molecule has 24 heavy (non-hydrogen) atoms. The predicted octanol–water partition coefficient (Wildman–Crippen LogP) is 4.93. The van der Waals surface area contributed by atoms with Crippen LogP contribution in [0.15, 0.2) is 58.3 Å². The van der Waals surface area contributed by atoms with Crippen molar-refractivity contribution in [1.82, 2.24) is 5.32 Å². The Morgan fingerprint density at radius 3 is 2.75 bits per heavy atom. The van der Waals surface area contributed by atoms with Gasteiger partial charge < -0.3 is 5.32 Å². The second kappa shape index (κ2) is 8.23. The van der Waals surface area contributed by atoms with Crippen LogP contribution < -0.4 is 5.32 Å². The number of carbonyl (C=O) groups excluding carboxylic acids is 1. The topological polar surface area (TPSA) is 52.9 Å². The number of Topliss-reactive ketones (excluding diaryl/α,β-unsaturated/α-hetero) is 1. The maximum atomic E-state index is 12.2. The zero-order valence-electron chi connectivity index (χ0n) is 13.9. The molecule has 1 N–H and O–H groups in total. The van der Waals surface area contributed by atoms with Crippen LogP contribution in [0.2, 0.25) is 5.02 Å². The minimum absolute atomic E-state index is 0.0600. The van der Waals surface area contributed by atoms with E-state index in [0.717, 1.165) is 22.0 Å². The number of thioether (sulfide) groups is 1. The van der Waals surface area contributed by atoms with E-state index in [1.807, 2.05) is 44.2 Å². The highest BCUT2D eigenvalue weighted by Crippen LogP contribution is 2.42. The zero-order chi connectivity index (χ0) is 17.7. The van der Waals surface area contributed by atoms with Crippen LogP contribution in [0.3, 0.4) is 0 Å². The Hall–Kier alpha value is -1.96. The number of nitrogens with one attached hydrogen (secondary N) is 1. The van der Waals surface area contributed by atoms with E-state index in [2.05, 4.69) is 11.4 Å². The zero-order valence-corrected chi connectivity index (χ0v) is 15.5. The highest BCUT2D eigenvalue weighted by molar-refractivity contribution is 8.03. The summed E-state index contributed by atoms with van der Waals surface area (Å²) in [6, 6.07) is 9.66. The lowest BCUT2D eigenvalue weighted by Crippen LogP contribution is -2.27. The standard InChI is InChI=1S/C19H19ClN2OS/c1-4-5-10-24-19-15(11-21)18(14-8-6-7-9-16(14)20)17(13(3)23)12(2)22-19/h4-9,18,22H,10H2,1-3H3/b5-4+/t18-/m0/s1. The molecular weight excluding hydrogens is 340 g/mol. The number of nitriles is 1. The number of dihydropyridines is 1. The smallest absolute Gasteiger partial charge is 0.158 e. The second-order valence-electron chi connectivity index (χ2n) is 5.41. The molecule has 0 saturated heterocycles. The molecule has 1 aliphatic heterocycles. The molecule has 2 rings (SSSR count). The van der Waals surface area contributed by atoms with E-state index in [9.17, 15) is 10.1 Å². The van der Waals surface area contributed by atoms with Crippen LogP contribution in [0.5, 0.6) is 0 Å². The Balaban J connectivity index is 2.61. The fraction of sp³-hybridized carbons (Fsp3) is 0.263.